The first kappa shape index (κ1) is 25.6. The third-order valence-electron chi connectivity index (χ3n) is 9.48. The number of furan rings is 1. The van der Waals surface area contributed by atoms with E-state index in [1.54, 1.807) is 0 Å². The maximum Gasteiger partial charge on any atom is 0.144 e. The van der Waals surface area contributed by atoms with Crippen molar-refractivity contribution in [3.63, 3.8) is 0 Å². The highest BCUT2D eigenvalue weighted by atomic mass is 32.1. The van der Waals surface area contributed by atoms with Gasteiger partial charge in [0.25, 0.3) is 0 Å². The molecule has 0 amide bonds. The molecule has 0 unspecified atom stereocenters. The van der Waals surface area contributed by atoms with Crippen LogP contribution in [0.3, 0.4) is 0 Å². The fraction of sp³-hybridized carbons (Fsp3) is 0. The van der Waals surface area contributed by atoms with Crippen LogP contribution in [0.2, 0.25) is 0 Å². The van der Waals surface area contributed by atoms with E-state index in [4.69, 9.17) is 4.42 Å². The zero-order chi connectivity index (χ0) is 30.2. The highest BCUT2D eigenvalue weighted by Crippen LogP contribution is 2.48. The minimum absolute atomic E-state index is 0.908. The van der Waals surface area contributed by atoms with Crippen molar-refractivity contribution in [2.45, 2.75) is 0 Å². The molecule has 46 heavy (non-hydrogen) atoms. The number of thiophene rings is 1. The molecule has 0 bridgehead atoms. The van der Waals surface area contributed by atoms with Crippen LogP contribution in [0.15, 0.2) is 162 Å². The van der Waals surface area contributed by atoms with Crippen molar-refractivity contribution in [2.75, 3.05) is 0 Å². The second-order valence-corrected chi connectivity index (χ2v) is 13.1. The van der Waals surface area contributed by atoms with Crippen LogP contribution >= 0.6 is 11.3 Å². The SMILES string of the molecule is c1ccc2c(-c3ccc(-c4c5ccccc5c(-c5ccc6c(c5)sc5ccccc56)c5oc6ccccc6c45)cc3)cccc2c1. The third-order valence-corrected chi connectivity index (χ3v) is 10.6. The van der Waals surface area contributed by atoms with Crippen molar-refractivity contribution in [3.05, 3.63) is 158 Å². The van der Waals surface area contributed by atoms with Crippen LogP contribution in [0, 0.1) is 0 Å². The Morgan fingerprint density at radius 3 is 1.85 bits per heavy atom. The first-order chi connectivity index (χ1) is 22.8. The lowest BCUT2D eigenvalue weighted by Crippen LogP contribution is -1.89. The summed E-state index contributed by atoms with van der Waals surface area (Å²) >= 11 is 1.86. The van der Waals surface area contributed by atoms with E-state index < -0.39 is 0 Å². The topological polar surface area (TPSA) is 13.1 Å². The smallest absolute Gasteiger partial charge is 0.144 e. The molecule has 1 nitrogen and oxygen atoms in total. The van der Waals surface area contributed by atoms with Crippen molar-refractivity contribution in [3.8, 4) is 33.4 Å². The molecule has 10 rings (SSSR count). The Bertz CT molecular complexity index is 2790. The predicted octanol–water partition coefficient (Wildman–Crippen LogP) is 13.3. The summed E-state index contributed by atoms with van der Waals surface area (Å²) in [7, 11) is 0. The lowest BCUT2D eigenvalue weighted by atomic mass is 9.87. The average molecular weight is 603 g/mol. The first-order valence-electron chi connectivity index (χ1n) is 15.7. The van der Waals surface area contributed by atoms with Crippen LogP contribution in [0.5, 0.6) is 0 Å². The normalized spacial score (nSPS) is 11.9. The quantitative estimate of drug-likeness (QED) is 0.196. The van der Waals surface area contributed by atoms with Gasteiger partial charge in [0.05, 0.1) is 0 Å². The summed E-state index contributed by atoms with van der Waals surface area (Å²) in [6.07, 6.45) is 0. The lowest BCUT2D eigenvalue weighted by molar-refractivity contribution is 0.670. The Balaban J connectivity index is 1.25. The fourth-order valence-electron chi connectivity index (χ4n) is 7.41. The molecule has 2 aromatic heterocycles. The van der Waals surface area contributed by atoms with Crippen LogP contribution in [0.1, 0.15) is 0 Å². The van der Waals surface area contributed by atoms with Gasteiger partial charge < -0.3 is 4.42 Å². The second kappa shape index (κ2) is 9.90. The van der Waals surface area contributed by atoms with E-state index in [0.717, 1.165) is 22.1 Å². The molecule has 0 N–H and O–H groups in total. The van der Waals surface area contributed by atoms with Crippen molar-refractivity contribution >= 4 is 75.0 Å². The van der Waals surface area contributed by atoms with Crippen LogP contribution in [0.25, 0.3) is 97.0 Å². The van der Waals surface area contributed by atoms with E-state index in [1.807, 2.05) is 11.3 Å². The molecule has 0 spiro atoms. The summed E-state index contributed by atoms with van der Waals surface area (Å²) in [4.78, 5) is 0. The van der Waals surface area contributed by atoms with Gasteiger partial charge >= 0.3 is 0 Å². The Labute approximate surface area is 269 Å². The van der Waals surface area contributed by atoms with Crippen molar-refractivity contribution < 1.29 is 4.42 Å². The van der Waals surface area contributed by atoms with Gasteiger partial charge in [-0.1, -0.05) is 140 Å². The van der Waals surface area contributed by atoms with E-state index in [0.29, 0.717) is 0 Å². The molecule has 2 heterocycles. The van der Waals surface area contributed by atoms with Gasteiger partial charge in [0.1, 0.15) is 11.2 Å². The third kappa shape index (κ3) is 3.74. The largest absolute Gasteiger partial charge is 0.455 e. The minimum atomic E-state index is 0.908. The van der Waals surface area contributed by atoms with E-state index in [-0.39, 0.29) is 0 Å². The number of para-hydroxylation sites is 1. The molecule has 2 heteroatoms. The fourth-order valence-corrected chi connectivity index (χ4v) is 8.55. The van der Waals surface area contributed by atoms with Gasteiger partial charge in [-0.25, -0.2) is 0 Å². The Hall–Kier alpha value is -5.70. The average Bonchev–Trinajstić information content (AvgIpc) is 3.68. The summed E-state index contributed by atoms with van der Waals surface area (Å²) < 4.78 is 9.43. The zero-order valence-corrected chi connectivity index (χ0v) is 25.6. The summed E-state index contributed by atoms with van der Waals surface area (Å²) in [6.45, 7) is 0. The molecule has 0 fully saturated rings. The van der Waals surface area contributed by atoms with Gasteiger partial charge in [0.2, 0.25) is 0 Å². The zero-order valence-electron chi connectivity index (χ0n) is 24.8. The summed E-state index contributed by atoms with van der Waals surface area (Å²) in [6, 6.07) is 57.1. The molecular formula is C44H26OS. The number of benzene rings is 8. The minimum Gasteiger partial charge on any atom is -0.455 e. The van der Waals surface area contributed by atoms with Crippen molar-refractivity contribution in [1.29, 1.82) is 0 Å². The molecule has 0 aliphatic carbocycles. The predicted molar refractivity (Wildman–Crippen MR) is 198 cm³/mol. The molecule has 0 aliphatic rings. The molecule has 8 aromatic carbocycles. The molecule has 10 aromatic rings. The van der Waals surface area contributed by atoms with Gasteiger partial charge in [-0.2, -0.15) is 0 Å². The number of hydrogen-bond donors (Lipinski definition) is 0. The monoisotopic (exact) mass is 602 g/mol. The standard InChI is InChI=1S/C44H26OS/c1-2-12-31-27(10-1)11-9-17-32(31)28-20-22-29(23-21-28)41-35-14-3-4-15-36(35)42(44-43(41)37-16-5-7-18-38(37)45-44)30-24-25-34-33-13-6-8-19-39(33)46-40(34)26-30/h1-26H. The van der Waals surface area contributed by atoms with Gasteiger partial charge in [0, 0.05) is 42.1 Å². The maximum absolute atomic E-state index is 6.82. The van der Waals surface area contributed by atoms with Crippen LogP contribution < -0.4 is 0 Å². The molecule has 0 aliphatic heterocycles. The van der Waals surface area contributed by atoms with Gasteiger partial charge in [-0.15, -0.1) is 11.3 Å². The maximum atomic E-state index is 6.82. The molecular weight excluding hydrogens is 577 g/mol. The van der Waals surface area contributed by atoms with E-state index in [2.05, 4.69) is 158 Å². The molecule has 214 valence electrons. The van der Waals surface area contributed by atoms with E-state index >= 15 is 0 Å². The Kier molecular flexibility index (Phi) is 5.51. The number of fused-ring (bicyclic) bond motifs is 8. The van der Waals surface area contributed by atoms with Crippen LogP contribution in [-0.2, 0) is 0 Å². The van der Waals surface area contributed by atoms with Gasteiger partial charge in [0.15, 0.2) is 0 Å². The summed E-state index contributed by atoms with van der Waals surface area (Å²) in [5.41, 5.74) is 9.04. The molecule has 0 saturated heterocycles. The van der Waals surface area contributed by atoms with Crippen LogP contribution in [-0.4, -0.2) is 0 Å². The Morgan fingerprint density at radius 1 is 0.391 bits per heavy atom. The van der Waals surface area contributed by atoms with Crippen molar-refractivity contribution in [2.24, 2.45) is 0 Å². The summed E-state index contributed by atoms with van der Waals surface area (Å²) in [5, 5.41) is 9.87. The first-order valence-corrected chi connectivity index (χ1v) is 16.5. The van der Waals surface area contributed by atoms with Crippen LogP contribution in [0.4, 0.5) is 0 Å². The van der Waals surface area contributed by atoms with Gasteiger partial charge in [-0.3, -0.25) is 0 Å². The Morgan fingerprint density at radius 2 is 1.00 bits per heavy atom. The second-order valence-electron chi connectivity index (χ2n) is 12.0. The molecule has 0 saturated carbocycles. The molecule has 0 atom stereocenters. The van der Waals surface area contributed by atoms with Crippen molar-refractivity contribution in [1.82, 2.24) is 0 Å². The number of rotatable bonds is 3. The highest BCUT2D eigenvalue weighted by molar-refractivity contribution is 7.25. The van der Waals surface area contributed by atoms with Gasteiger partial charge in [-0.05, 0) is 62.0 Å². The number of hydrogen-bond acceptors (Lipinski definition) is 2. The summed E-state index contributed by atoms with van der Waals surface area (Å²) in [5.74, 6) is 0. The van der Waals surface area contributed by atoms with E-state index in [9.17, 15) is 0 Å². The highest BCUT2D eigenvalue weighted by Gasteiger charge is 2.22. The lowest BCUT2D eigenvalue weighted by Gasteiger charge is -2.15. The van der Waals surface area contributed by atoms with E-state index in [1.165, 1.54) is 74.9 Å². The molecule has 0 radical (unpaired) electrons.